The number of hydrogen-bond donors (Lipinski definition) is 2. The van der Waals surface area contributed by atoms with Crippen molar-refractivity contribution >= 4 is 23.1 Å². The molecule has 0 radical (unpaired) electrons. The van der Waals surface area contributed by atoms with Crippen LogP contribution in [0.5, 0.6) is 11.5 Å². The Morgan fingerprint density at radius 2 is 1.70 bits per heavy atom. The molecule has 0 aromatic heterocycles. The second kappa shape index (κ2) is 5.71. The predicted octanol–water partition coefficient (Wildman–Crippen LogP) is 2.52. The molecule has 0 aliphatic rings. The third-order valence-electron chi connectivity index (χ3n) is 2.77. The van der Waals surface area contributed by atoms with Crippen molar-refractivity contribution in [1.82, 2.24) is 0 Å². The first-order valence-electron chi connectivity index (χ1n) is 5.96. The average Bonchev–Trinajstić information content (AvgIpc) is 2.41. The molecule has 2 rings (SSSR count). The molecule has 0 aliphatic heterocycles. The van der Waals surface area contributed by atoms with Crippen molar-refractivity contribution in [3.63, 3.8) is 0 Å². The van der Waals surface area contributed by atoms with Crippen LogP contribution in [-0.4, -0.2) is 10.9 Å². The Kier molecular flexibility index (Phi) is 4.00. The van der Waals surface area contributed by atoms with E-state index in [1.54, 1.807) is 30.3 Å². The molecule has 0 fully saturated rings. The summed E-state index contributed by atoms with van der Waals surface area (Å²) in [5.74, 6) is 0.322. The molecule has 5 heteroatoms. The van der Waals surface area contributed by atoms with Gasteiger partial charge in [-0.1, -0.05) is 36.0 Å². The lowest BCUT2D eigenvalue weighted by Crippen LogP contribution is -2.13. The molecule has 0 heterocycles. The van der Waals surface area contributed by atoms with Crippen molar-refractivity contribution in [1.29, 1.82) is 0 Å². The lowest BCUT2D eigenvalue weighted by atomic mass is 10.1. The van der Waals surface area contributed by atoms with E-state index in [4.69, 9.17) is 28.4 Å². The number of ether oxygens (including phenoxy) is 1. The number of benzene rings is 2. The Morgan fingerprint density at radius 1 is 1.05 bits per heavy atom. The topological polar surface area (TPSA) is 78.3 Å². The predicted molar refractivity (Wildman–Crippen MR) is 82.1 cm³/mol. The van der Waals surface area contributed by atoms with Gasteiger partial charge in [-0.3, -0.25) is 4.79 Å². The molecule has 4 N–H and O–H groups in total. The van der Waals surface area contributed by atoms with Gasteiger partial charge in [0, 0.05) is 0 Å². The molecule has 0 bridgehead atoms. The van der Waals surface area contributed by atoms with Gasteiger partial charge in [-0.25, -0.2) is 0 Å². The third-order valence-corrected chi connectivity index (χ3v) is 2.99. The fourth-order valence-corrected chi connectivity index (χ4v) is 1.96. The largest absolute Gasteiger partial charge is 0.456 e. The van der Waals surface area contributed by atoms with Crippen LogP contribution in [0, 0.1) is 6.92 Å². The number of carbonyl (C=O) groups excluding carboxylic acids is 1. The fourth-order valence-electron chi connectivity index (χ4n) is 1.80. The summed E-state index contributed by atoms with van der Waals surface area (Å²) in [7, 11) is 0. The van der Waals surface area contributed by atoms with Gasteiger partial charge in [0.15, 0.2) is 0 Å². The highest BCUT2D eigenvalue weighted by molar-refractivity contribution is 7.80. The van der Waals surface area contributed by atoms with Crippen molar-refractivity contribution in [3.05, 3.63) is 59.2 Å². The van der Waals surface area contributed by atoms with Crippen LogP contribution in [0.2, 0.25) is 0 Å². The van der Waals surface area contributed by atoms with Crippen LogP contribution in [0.1, 0.15) is 21.5 Å². The van der Waals surface area contributed by atoms with Crippen LogP contribution in [-0.2, 0) is 0 Å². The van der Waals surface area contributed by atoms with Crippen molar-refractivity contribution in [2.45, 2.75) is 6.92 Å². The normalized spacial score (nSPS) is 10.1. The molecule has 0 aliphatic carbocycles. The van der Waals surface area contributed by atoms with Gasteiger partial charge < -0.3 is 16.2 Å². The standard InChI is InChI=1S/C15H14N2O2S/c1-9-6-7-13(11(8-9)15(17)20)19-12-5-3-2-4-10(12)14(16)18/h2-8H,1H3,(H2,16,18)(H2,17,20). The van der Waals surface area contributed by atoms with E-state index >= 15 is 0 Å². The molecule has 2 aromatic carbocycles. The highest BCUT2D eigenvalue weighted by Crippen LogP contribution is 2.28. The number of rotatable bonds is 4. The van der Waals surface area contributed by atoms with Crippen molar-refractivity contribution < 1.29 is 9.53 Å². The van der Waals surface area contributed by atoms with Gasteiger partial charge in [0.05, 0.1) is 11.1 Å². The number of hydrogen-bond acceptors (Lipinski definition) is 3. The zero-order chi connectivity index (χ0) is 14.7. The molecular weight excluding hydrogens is 272 g/mol. The first-order chi connectivity index (χ1) is 9.49. The van der Waals surface area contributed by atoms with Gasteiger partial charge in [0.25, 0.3) is 5.91 Å². The van der Waals surface area contributed by atoms with Crippen molar-refractivity contribution in [2.75, 3.05) is 0 Å². The van der Waals surface area contributed by atoms with Crippen LogP contribution in [0.4, 0.5) is 0 Å². The minimum absolute atomic E-state index is 0.236. The SMILES string of the molecule is Cc1ccc(Oc2ccccc2C(N)=O)c(C(N)=S)c1. The quantitative estimate of drug-likeness (QED) is 0.847. The van der Waals surface area contributed by atoms with E-state index in [0.29, 0.717) is 22.6 Å². The van der Waals surface area contributed by atoms with Gasteiger partial charge >= 0.3 is 0 Å². The van der Waals surface area contributed by atoms with Crippen LogP contribution >= 0.6 is 12.2 Å². The van der Waals surface area contributed by atoms with Crippen molar-refractivity contribution in [3.8, 4) is 11.5 Å². The van der Waals surface area contributed by atoms with E-state index in [-0.39, 0.29) is 4.99 Å². The van der Waals surface area contributed by atoms with Crippen LogP contribution in [0.15, 0.2) is 42.5 Å². The number of thiocarbonyl (C=S) groups is 1. The lowest BCUT2D eigenvalue weighted by Gasteiger charge is -2.13. The fraction of sp³-hybridized carbons (Fsp3) is 0.0667. The molecule has 0 unspecified atom stereocenters. The molecule has 0 spiro atoms. The zero-order valence-corrected chi connectivity index (χ0v) is 11.7. The number of carbonyl (C=O) groups is 1. The van der Waals surface area contributed by atoms with Crippen LogP contribution in [0.3, 0.4) is 0 Å². The highest BCUT2D eigenvalue weighted by atomic mass is 32.1. The van der Waals surface area contributed by atoms with Crippen LogP contribution < -0.4 is 16.2 Å². The molecule has 102 valence electrons. The molecule has 0 saturated carbocycles. The lowest BCUT2D eigenvalue weighted by molar-refractivity contribution is 0.0998. The van der Waals surface area contributed by atoms with E-state index in [0.717, 1.165) is 5.56 Å². The molecule has 0 saturated heterocycles. The Labute approximate surface area is 122 Å². The first-order valence-corrected chi connectivity index (χ1v) is 6.37. The number of para-hydroxylation sites is 1. The Morgan fingerprint density at radius 3 is 2.35 bits per heavy atom. The third kappa shape index (κ3) is 2.95. The monoisotopic (exact) mass is 286 g/mol. The van der Waals surface area contributed by atoms with Gasteiger partial charge in [-0.2, -0.15) is 0 Å². The molecule has 20 heavy (non-hydrogen) atoms. The first kappa shape index (κ1) is 14.0. The summed E-state index contributed by atoms with van der Waals surface area (Å²) in [6.07, 6.45) is 0. The number of aryl methyl sites for hydroxylation is 1. The maximum absolute atomic E-state index is 11.4. The van der Waals surface area contributed by atoms with E-state index in [9.17, 15) is 4.79 Å². The molecule has 2 aromatic rings. The molecule has 4 nitrogen and oxygen atoms in total. The molecule has 0 atom stereocenters. The second-order valence-electron chi connectivity index (χ2n) is 4.33. The Balaban J connectivity index is 2.45. The van der Waals surface area contributed by atoms with E-state index < -0.39 is 5.91 Å². The summed E-state index contributed by atoms with van der Waals surface area (Å²) in [5, 5.41) is 0. The smallest absolute Gasteiger partial charge is 0.252 e. The van der Waals surface area contributed by atoms with Gasteiger partial charge in [-0.15, -0.1) is 0 Å². The van der Waals surface area contributed by atoms with E-state index in [2.05, 4.69) is 0 Å². The minimum Gasteiger partial charge on any atom is -0.456 e. The summed E-state index contributed by atoms with van der Waals surface area (Å²) in [5.41, 5.74) is 13.0. The summed E-state index contributed by atoms with van der Waals surface area (Å²) >= 11 is 5.02. The van der Waals surface area contributed by atoms with Gasteiger partial charge in [0.1, 0.15) is 16.5 Å². The summed E-state index contributed by atoms with van der Waals surface area (Å²) in [6.45, 7) is 1.93. The number of amides is 1. The van der Waals surface area contributed by atoms with Crippen LogP contribution in [0.25, 0.3) is 0 Å². The Hall–Kier alpha value is -2.40. The summed E-state index contributed by atoms with van der Waals surface area (Å²) in [6, 6.07) is 12.2. The van der Waals surface area contributed by atoms with Gasteiger partial charge in [0.2, 0.25) is 0 Å². The molecular formula is C15H14N2O2S. The van der Waals surface area contributed by atoms with Gasteiger partial charge in [-0.05, 0) is 31.2 Å². The zero-order valence-electron chi connectivity index (χ0n) is 10.9. The molecule has 1 amide bonds. The van der Waals surface area contributed by atoms with E-state index in [1.165, 1.54) is 0 Å². The van der Waals surface area contributed by atoms with Crippen molar-refractivity contribution in [2.24, 2.45) is 11.5 Å². The summed E-state index contributed by atoms with van der Waals surface area (Å²) in [4.78, 5) is 11.6. The average molecular weight is 286 g/mol. The second-order valence-corrected chi connectivity index (χ2v) is 4.77. The minimum atomic E-state index is -0.551. The maximum atomic E-state index is 11.4. The maximum Gasteiger partial charge on any atom is 0.252 e. The van der Waals surface area contributed by atoms with E-state index in [1.807, 2.05) is 19.1 Å². The highest BCUT2D eigenvalue weighted by Gasteiger charge is 2.12. The number of primary amides is 1. The summed E-state index contributed by atoms with van der Waals surface area (Å²) < 4.78 is 5.75. The Bertz CT molecular complexity index is 683. The number of nitrogens with two attached hydrogens (primary N) is 2.